The fourth-order valence-corrected chi connectivity index (χ4v) is 5.39. The lowest BCUT2D eigenvalue weighted by Gasteiger charge is -2.13. The Morgan fingerprint density at radius 1 is 1.05 bits per heavy atom. The van der Waals surface area contributed by atoms with Crippen LogP contribution in [-0.4, -0.2) is 31.1 Å². The Hall–Kier alpha value is -3.70. The van der Waals surface area contributed by atoms with E-state index in [1.54, 1.807) is 43.3 Å². The van der Waals surface area contributed by atoms with Crippen molar-refractivity contribution in [1.82, 2.24) is 0 Å². The predicted octanol–water partition coefficient (Wildman–Crippen LogP) is 7.34. The molecule has 0 aliphatic rings. The maximum absolute atomic E-state index is 13.2. The fourth-order valence-electron chi connectivity index (χ4n) is 3.83. The third kappa shape index (κ3) is 5.44. The molecule has 0 bridgehead atoms. The molecule has 9 nitrogen and oxygen atoms in total. The molecule has 0 heterocycles. The molecule has 1 amide bonds. The van der Waals surface area contributed by atoms with Crippen molar-refractivity contribution in [3.05, 3.63) is 81.8 Å². The smallest absolute Gasteiger partial charge is 0.296 e. The number of carbonyl (C=O) groups excluding carboxylic acids is 1. The molecule has 4 aromatic rings. The Balaban J connectivity index is 1.82. The van der Waals surface area contributed by atoms with E-state index in [1.807, 2.05) is 0 Å². The van der Waals surface area contributed by atoms with E-state index in [9.17, 15) is 22.9 Å². The summed E-state index contributed by atoms with van der Waals surface area (Å²) in [6, 6.07) is 16.0. The maximum Gasteiger partial charge on any atom is 0.296 e. The zero-order valence-electron chi connectivity index (χ0n) is 20.1. The number of rotatable bonds is 7. The molecular formula is C26H21Cl2N3O6S. The number of hydrogen-bond donors (Lipinski definition) is 3. The largest absolute Gasteiger partial charge is 0.505 e. The van der Waals surface area contributed by atoms with E-state index in [0.717, 1.165) is 0 Å². The number of carbonyl (C=O) groups is 1. The molecule has 38 heavy (non-hydrogen) atoms. The molecule has 196 valence electrons. The molecule has 0 fully saturated rings. The van der Waals surface area contributed by atoms with Crippen molar-refractivity contribution in [1.29, 1.82) is 0 Å². The van der Waals surface area contributed by atoms with Gasteiger partial charge < -0.3 is 15.2 Å². The molecule has 0 unspecified atom stereocenters. The van der Waals surface area contributed by atoms with Crippen molar-refractivity contribution < 1.29 is 27.6 Å². The number of methoxy groups -OCH3 is 1. The number of aryl methyl sites for hydroxylation is 1. The number of anilines is 1. The number of halogens is 2. The molecule has 0 radical (unpaired) electrons. The molecule has 0 aliphatic carbocycles. The molecule has 4 rings (SSSR count). The Kier molecular flexibility index (Phi) is 7.89. The number of amides is 1. The summed E-state index contributed by atoms with van der Waals surface area (Å²) < 4.78 is 38.7. The molecular weight excluding hydrogens is 553 g/mol. The normalized spacial score (nSPS) is 11.7. The number of hydrogen-bond acceptors (Lipinski definition) is 7. The Morgan fingerprint density at radius 3 is 2.47 bits per heavy atom. The third-order valence-corrected chi connectivity index (χ3v) is 7.52. The van der Waals surface area contributed by atoms with Crippen molar-refractivity contribution in [2.75, 3.05) is 12.4 Å². The third-order valence-electron chi connectivity index (χ3n) is 5.72. The number of ether oxygens (including phenoxy) is 1. The lowest BCUT2D eigenvalue weighted by molar-refractivity contribution is 0.102. The Labute approximate surface area is 228 Å². The van der Waals surface area contributed by atoms with Crippen molar-refractivity contribution in [3.8, 4) is 11.5 Å². The summed E-state index contributed by atoms with van der Waals surface area (Å²) in [5.74, 6) is -0.670. The van der Waals surface area contributed by atoms with E-state index >= 15 is 0 Å². The molecule has 12 heteroatoms. The molecule has 0 atom stereocenters. The minimum atomic E-state index is -4.64. The summed E-state index contributed by atoms with van der Waals surface area (Å²) in [6.07, 6.45) is 0.298. The van der Waals surface area contributed by atoms with Gasteiger partial charge in [-0.05, 0) is 41.6 Å². The van der Waals surface area contributed by atoms with Gasteiger partial charge in [0, 0.05) is 11.5 Å². The van der Waals surface area contributed by atoms with Crippen LogP contribution in [0.4, 0.5) is 17.1 Å². The molecule has 0 saturated carbocycles. The summed E-state index contributed by atoms with van der Waals surface area (Å²) >= 11 is 12.5. The van der Waals surface area contributed by atoms with Crippen molar-refractivity contribution in [2.45, 2.75) is 18.2 Å². The summed E-state index contributed by atoms with van der Waals surface area (Å²) in [5, 5.41) is 22.9. The lowest BCUT2D eigenvalue weighted by atomic mass is 10.0. The Bertz CT molecular complexity index is 1710. The van der Waals surface area contributed by atoms with Gasteiger partial charge in [0.1, 0.15) is 22.0 Å². The van der Waals surface area contributed by atoms with Crippen LogP contribution in [0.1, 0.15) is 22.8 Å². The number of phenolic OH excluding ortho intramolecular Hbond substituents is 1. The Morgan fingerprint density at radius 2 is 1.79 bits per heavy atom. The zero-order valence-corrected chi connectivity index (χ0v) is 22.4. The van der Waals surface area contributed by atoms with Crippen LogP contribution < -0.4 is 10.1 Å². The second kappa shape index (κ2) is 11.0. The first-order chi connectivity index (χ1) is 18.0. The van der Waals surface area contributed by atoms with Crippen LogP contribution in [0.3, 0.4) is 0 Å². The maximum atomic E-state index is 13.2. The molecule has 4 aromatic carbocycles. The monoisotopic (exact) mass is 573 g/mol. The van der Waals surface area contributed by atoms with Crippen LogP contribution in [0.25, 0.3) is 10.8 Å². The highest BCUT2D eigenvalue weighted by Gasteiger charge is 2.23. The second-order valence-electron chi connectivity index (χ2n) is 8.06. The van der Waals surface area contributed by atoms with Crippen LogP contribution in [0.5, 0.6) is 11.5 Å². The highest BCUT2D eigenvalue weighted by atomic mass is 35.5. The zero-order chi connectivity index (χ0) is 27.6. The van der Waals surface area contributed by atoms with Gasteiger partial charge in [0.2, 0.25) is 0 Å². The first kappa shape index (κ1) is 27.3. The number of nitrogens with one attached hydrogen (secondary N) is 1. The van der Waals surface area contributed by atoms with Gasteiger partial charge in [-0.15, -0.1) is 10.2 Å². The first-order valence-electron chi connectivity index (χ1n) is 11.1. The minimum absolute atomic E-state index is 0.0472. The number of nitrogens with zero attached hydrogens (tertiary/aromatic N) is 2. The SMILES string of the molecule is CCc1ccc(N=Nc2c(O)c(C(=O)Nc3cc(OC)ccc3Cl)cc3ccccc23)c(Cl)c1S(=O)(=O)O. The number of benzene rings is 4. The van der Waals surface area contributed by atoms with E-state index in [1.165, 1.54) is 31.4 Å². The van der Waals surface area contributed by atoms with Crippen LogP contribution in [-0.2, 0) is 16.5 Å². The number of phenols is 1. The number of fused-ring (bicyclic) bond motifs is 1. The van der Waals surface area contributed by atoms with Crippen LogP contribution >= 0.6 is 23.2 Å². The van der Waals surface area contributed by atoms with Gasteiger partial charge >= 0.3 is 0 Å². The van der Waals surface area contributed by atoms with E-state index in [-0.39, 0.29) is 32.7 Å². The summed E-state index contributed by atoms with van der Waals surface area (Å²) in [7, 11) is -3.16. The number of azo groups is 1. The summed E-state index contributed by atoms with van der Waals surface area (Å²) in [6.45, 7) is 1.71. The molecule has 0 aliphatic heterocycles. The van der Waals surface area contributed by atoms with Crippen molar-refractivity contribution >= 4 is 67.1 Å². The van der Waals surface area contributed by atoms with Gasteiger partial charge in [0.15, 0.2) is 5.75 Å². The van der Waals surface area contributed by atoms with Crippen LogP contribution in [0, 0.1) is 0 Å². The van der Waals surface area contributed by atoms with Crippen molar-refractivity contribution in [2.24, 2.45) is 10.2 Å². The predicted molar refractivity (Wildman–Crippen MR) is 146 cm³/mol. The number of aromatic hydroxyl groups is 1. The molecule has 0 spiro atoms. The van der Waals surface area contributed by atoms with Crippen LogP contribution in [0.2, 0.25) is 10.0 Å². The van der Waals surface area contributed by atoms with Gasteiger partial charge in [0.05, 0.1) is 28.4 Å². The quantitative estimate of drug-likeness (QED) is 0.156. The highest BCUT2D eigenvalue weighted by molar-refractivity contribution is 7.86. The molecule has 3 N–H and O–H groups in total. The van der Waals surface area contributed by atoms with Gasteiger partial charge in [-0.2, -0.15) is 8.42 Å². The highest BCUT2D eigenvalue weighted by Crippen LogP contribution is 2.41. The summed E-state index contributed by atoms with van der Waals surface area (Å²) in [4.78, 5) is 12.7. The fraction of sp³-hybridized carbons (Fsp3) is 0.115. The molecule has 0 saturated heterocycles. The lowest BCUT2D eigenvalue weighted by Crippen LogP contribution is -2.12. The second-order valence-corrected chi connectivity index (χ2v) is 10.2. The average molecular weight is 574 g/mol. The minimum Gasteiger partial charge on any atom is -0.505 e. The van der Waals surface area contributed by atoms with Gasteiger partial charge in [-0.25, -0.2) is 0 Å². The first-order valence-corrected chi connectivity index (χ1v) is 13.3. The standard InChI is InChI=1S/C26H21Cl2N3O6S/c1-3-14-8-11-20(22(28)25(14)38(34,35)36)30-31-23-17-7-5-4-6-15(17)12-18(24(23)32)26(33)29-21-13-16(37-2)9-10-19(21)27/h4-13,32H,3H2,1-2H3,(H,29,33)(H,34,35,36). The molecule has 0 aromatic heterocycles. The average Bonchev–Trinajstić information content (AvgIpc) is 2.88. The van der Waals surface area contributed by atoms with Crippen molar-refractivity contribution in [3.63, 3.8) is 0 Å². The topological polar surface area (TPSA) is 138 Å². The van der Waals surface area contributed by atoms with Crippen LogP contribution in [0.15, 0.2) is 75.8 Å². The van der Waals surface area contributed by atoms with Gasteiger partial charge in [0.25, 0.3) is 16.0 Å². The van der Waals surface area contributed by atoms with E-state index in [4.69, 9.17) is 27.9 Å². The summed E-state index contributed by atoms with van der Waals surface area (Å²) in [5.41, 5.74) is 0.363. The van der Waals surface area contributed by atoms with E-state index < -0.39 is 26.7 Å². The van der Waals surface area contributed by atoms with Gasteiger partial charge in [-0.1, -0.05) is 60.5 Å². The van der Waals surface area contributed by atoms with Gasteiger partial charge in [-0.3, -0.25) is 9.35 Å². The van der Waals surface area contributed by atoms with E-state index in [2.05, 4.69) is 15.5 Å². The van der Waals surface area contributed by atoms with E-state index in [0.29, 0.717) is 28.5 Å².